The molecule has 1 atom stereocenters. The Morgan fingerprint density at radius 2 is 2.28 bits per heavy atom. The van der Waals surface area contributed by atoms with Crippen molar-refractivity contribution in [3.8, 4) is 5.75 Å². The van der Waals surface area contributed by atoms with Gasteiger partial charge in [-0.15, -0.1) is 0 Å². The van der Waals surface area contributed by atoms with Gasteiger partial charge in [-0.1, -0.05) is 13.8 Å². The molecule has 1 heterocycles. The van der Waals surface area contributed by atoms with Crippen LogP contribution in [-0.4, -0.2) is 18.6 Å². The third kappa shape index (κ3) is 3.01. The van der Waals surface area contributed by atoms with Gasteiger partial charge in [0, 0.05) is 12.1 Å². The Hall–Kier alpha value is -1.55. The topological polar surface area (TPSA) is 64.4 Å². The fraction of sp³-hybridized carbons (Fsp3) is 0.500. The first-order valence-corrected chi connectivity index (χ1v) is 6.38. The van der Waals surface area contributed by atoms with Gasteiger partial charge in [-0.05, 0) is 36.1 Å². The molecule has 98 valence electrons. The van der Waals surface area contributed by atoms with Crippen molar-refractivity contribution < 1.29 is 9.53 Å². The third-order valence-corrected chi connectivity index (χ3v) is 3.02. The van der Waals surface area contributed by atoms with Crippen molar-refractivity contribution in [2.75, 3.05) is 11.9 Å². The minimum absolute atomic E-state index is 0.123. The molecule has 0 spiro atoms. The number of nitrogens with one attached hydrogen (secondary N) is 1. The highest BCUT2D eigenvalue weighted by Crippen LogP contribution is 2.27. The number of ether oxygens (including phenoxy) is 1. The maximum Gasteiger partial charge on any atom is 0.241 e. The summed E-state index contributed by atoms with van der Waals surface area (Å²) in [6.07, 6.45) is 1.59. The van der Waals surface area contributed by atoms with Crippen molar-refractivity contribution in [3.63, 3.8) is 0 Å². The molecule has 0 aliphatic carbocycles. The number of amides is 1. The minimum Gasteiger partial charge on any atom is -0.493 e. The second kappa shape index (κ2) is 5.40. The van der Waals surface area contributed by atoms with Crippen LogP contribution in [0.1, 0.15) is 25.8 Å². The van der Waals surface area contributed by atoms with E-state index in [1.165, 1.54) is 0 Å². The Morgan fingerprint density at radius 3 is 3.00 bits per heavy atom. The first-order valence-electron chi connectivity index (χ1n) is 6.38. The highest BCUT2D eigenvalue weighted by atomic mass is 16.5. The molecule has 0 unspecified atom stereocenters. The molecular weight excluding hydrogens is 228 g/mol. The van der Waals surface area contributed by atoms with Crippen LogP contribution in [0.15, 0.2) is 18.2 Å². The molecule has 1 amide bonds. The van der Waals surface area contributed by atoms with Gasteiger partial charge in [0.25, 0.3) is 0 Å². The van der Waals surface area contributed by atoms with Gasteiger partial charge in [0.15, 0.2) is 0 Å². The fourth-order valence-electron chi connectivity index (χ4n) is 2.11. The Balaban J connectivity index is 1.99. The number of carbonyl (C=O) groups excluding carboxylic acids is 1. The molecule has 0 bridgehead atoms. The number of nitrogens with two attached hydrogens (primary N) is 1. The molecular formula is C14H20N2O2. The van der Waals surface area contributed by atoms with E-state index in [-0.39, 0.29) is 5.91 Å². The summed E-state index contributed by atoms with van der Waals surface area (Å²) in [5.41, 5.74) is 7.78. The molecule has 4 nitrogen and oxygen atoms in total. The Bertz CT molecular complexity index is 443. The lowest BCUT2D eigenvalue weighted by atomic mass is 10.0. The summed E-state index contributed by atoms with van der Waals surface area (Å²) in [4.78, 5) is 11.9. The number of carbonyl (C=O) groups is 1. The Kier molecular flexibility index (Phi) is 3.87. The molecule has 1 aromatic carbocycles. The summed E-state index contributed by atoms with van der Waals surface area (Å²) in [5, 5.41) is 2.86. The summed E-state index contributed by atoms with van der Waals surface area (Å²) in [6.45, 7) is 4.83. The first kappa shape index (κ1) is 12.9. The summed E-state index contributed by atoms with van der Waals surface area (Å²) >= 11 is 0. The third-order valence-electron chi connectivity index (χ3n) is 3.02. The average molecular weight is 248 g/mol. The minimum atomic E-state index is -0.450. The summed E-state index contributed by atoms with van der Waals surface area (Å²) in [6, 6.07) is 5.26. The standard InChI is InChI=1S/C14H20N2O2/c1-9(2)7-12(15)14(17)16-11-3-4-13-10(8-11)5-6-18-13/h3-4,8-9,12H,5-7,15H2,1-2H3,(H,16,17)/t12-/m0/s1. The number of hydrogen-bond acceptors (Lipinski definition) is 3. The van der Waals surface area contributed by atoms with Crippen LogP contribution in [0.3, 0.4) is 0 Å². The first-order chi connectivity index (χ1) is 8.56. The van der Waals surface area contributed by atoms with E-state index in [2.05, 4.69) is 19.2 Å². The molecule has 0 radical (unpaired) electrons. The van der Waals surface area contributed by atoms with Crippen LogP contribution in [0.5, 0.6) is 5.75 Å². The molecule has 1 aromatic rings. The number of fused-ring (bicyclic) bond motifs is 1. The second-order valence-electron chi connectivity index (χ2n) is 5.15. The molecule has 2 rings (SSSR count). The molecule has 0 fully saturated rings. The smallest absolute Gasteiger partial charge is 0.241 e. The van der Waals surface area contributed by atoms with Gasteiger partial charge in [0.2, 0.25) is 5.91 Å². The van der Waals surface area contributed by atoms with Crippen LogP contribution in [-0.2, 0) is 11.2 Å². The molecule has 4 heteroatoms. The van der Waals surface area contributed by atoms with E-state index < -0.39 is 6.04 Å². The largest absolute Gasteiger partial charge is 0.493 e. The van der Waals surface area contributed by atoms with Crippen LogP contribution in [0.25, 0.3) is 0 Å². The lowest BCUT2D eigenvalue weighted by Gasteiger charge is -2.14. The van der Waals surface area contributed by atoms with Gasteiger partial charge in [-0.2, -0.15) is 0 Å². The monoisotopic (exact) mass is 248 g/mol. The van der Waals surface area contributed by atoms with Gasteiger partial charge in [0.1, 0.15) is 5.75 Å². The molecule has 18 heavy (non-hydrogen) atoms. The molecule has 1 aliphatic rings. The van der Waals surface area contributed by atoms with E-state index in [0.29, 0.717) is 12.3 Å². The van der Waals surface area contributed by atoms with Gasteiger partial charge >= 0.3 is 0 Å². The summed E-state index contributed by atoms with van der Waals surface area (Å²) < 4.78 is 5.42. The zero-order valence-corrected chi connectivity index (χ0v) is 10.9. The molecule has 0 saturated heterocycles. The van der Waals surface area contributed by atoms with Gasteiger partial charge in [-0.3, -0.25) is 4.79 Å². The van der Waals surface area contributed by atoms with Gasteiger partial charge < -0.3 is 15.8 Å². The van der Waals surface area contributed by atoms with Gasteiger partial charge in [0.05, 0.1) is 12.6 Å². The molecule has 0 saturated carbocycles. The average Bonchev–Trinajstić information content (AvgIpc) is 2.75. The fourth-order valence-corrected chi connectivity index (χ4v) is 2.11. The zero-order chi connectivity index (χ0) is 13.1. The predicted molar refractivity (Wildman–Crippen MR) is 71.7 cm³/mol. The quantitative estimate of drug-likeness (QED) is 0.855. The summed E-state index contributed by atoms with van der Waals surface area (Å²) in [7, 11) is 0. The zero-order valence-electron chi connectivity index (χ0n) is 10.9. The van der Waals surface area contributed by atoms with E-state index in [0.717, 1.165) is 30.0 Å². The normalized spacial score (nSPS) is 15.1. The van der Waals surface area contributed by atoms with E-state index in [1.807, 2.05) is 18.2 Å². The number of benzene rings is 1. The lowest BCUT2D eigenvalue weighted by Crippen LogP contribution is -2.36. The maximum absolute atomic E-state index is 11.9. The van der Waals surface area contributed by atoms with Crippen LogP contribution < -0.4 is 15.8 Å². The van der Waals surface area contributed by atoms with Crippen LogP contribution >= 0.6 is 0 Å². The number of rotatable bonds is 4. The van der Waals surface area contributed by atoms with Crippen molar-refractivity contribution in [2.45, 2.75) is 32.7 Å². The molecule has 0 aromatic heterocycles. The van der Waals surface area contributed by atoms with Crippen LogP contribution in [0, 0.1) is 5.92 Å². The van der Waals surface area contributed by atoms with Gasteiger partial charge in [-0.25, -0.2) is 0 Å². The van der Waals surface area contributed by atoms with E-state index in [1.54, 1.807) is 0 Å². The van der Waals surface area contributed by atoms with Crippen LogP contribution in [0.2, 0.25) is 0 Å². The Labute approximate surface area is 108 Å². The van der Waals surface area contributed by atoms with Crippen molar-refractivity contribution in [1.29, 1.82) is 0 Å². The SMILES string of the molecule is CC(C)C[C@H](N)C(=O)Nc1ccc2c(c1)CCO2. The lowest BCUT2D eigenvalue weighted by molar-refractivity contribution is -0.117. The predicted octanol–water partition coefficient (Wildman–Crippen LogP) is 1.93. The maximum atomic E-state index is 11.9. The second-order valence-corrected chi connectivity index (χ2v) is 5.15. The molecule has 3 N–H and O–H groups in total. The van der Waals surface area contributed by atoms with Crippen molar-refractivity contribution >= 4 is 11.6 Å². The van der Waals surface area contributed by atoms with E-state index >= 15 is 0 Å². The molecule has 1 aliphatic heterocycles. The van der Waals surface area contributed by atoms with Crippen molar-refractivity contribution in [3.05, 3.63) is 23.8 Å². The van der Waals surface area contributed by atoms with Crippen molar-refractivity contribution in [1.82, 2.24) is 0 Å². The summed E-state index contributed by atoms with van der Waals surface area (Å²) in [5.74, 6) is 1.21. The van der Waals surface area contributed by atoms with E-state index in [4.69, 9.17) is 10.5 Å². The highest BCUT2D eigenvalue weighted by molar-refractivity contribution is 5.94. The van der Waals surface area contributed by atoms with E-state index in [9.17, 15) is 4.79 Å². The van der Waals surface area contributed by atoms with Crippen LogP contribution in [0.4, 0.5) is 5.69 Å². The highest BCUT2D eigenvalue weighted by Gasteiger charge is 2.17. The number of hydrogen-bond donors (Lipinski definition) is 2. The Morgan fingerprint density at radius 1 is 1.50 bits per heavy atom. The number of anilines is 1. The van der Waals surface area contributed by atoms with Crippen molar-refractivity contribution in [2.24, 2.45) is 11.7 Å².